The van der Waals surface area contributed by atoms with Crippen LogP contribution < -0.4 is 10.9 Å². The first-order valence-electron chi connectivity index (χ1n) is 10.2. The average molecular weight is 420 g/mol. The van der Waals surface area contributed by atoms with Gasteiger partial charge in [-0.3, -0.25) is 4.79 Å². The van der Waals surface area contributed by atoms with Crippen molar-refractivity contribution in [3.05, 3.63) is 87.8 Å². The van der Waals surface area contributed by atoms with Crippen LogP contribution in [-0.2, 0) is 6.54 Å². The van der Waals surface area contributed by atoms with E-state index in [2.05, 4.69) is 5.32 Å². The summed E-state index contributed by atoms with van der Waals surface area (Å²) in [6, 6.07) is 20.7. The number of halogens is 1. The summed E-state index contributed by atoms with van der Waals surface area (Å²) in [6.07, 6.45) is 1.01. The van der Waals surface area contributed by atoms with E-state index in [1.165, 1.54) is 0 Å². The number of carbonyl (C=O) groups is 1. The predicted molar refractivity (Wildman–Crippen MR) is 119 cm³/mol. The highest BCUT2D eigenvalue weighted by molar-refractivity contribution is 6.30. The molecule has 5 nitrogen and oxygen atoms in total. The van der Waals surface area contributed by atoms with Gasteiger partial charge in [0.1, 0.15) is 0 Å². The second kappa shape index (κ2) is 7.65. The molecule has 0 spiro atoms. The van der Waals surface area contributed by atoms with Gasteiger partial charge in [-0.25, -0.2) is 4.79 Å². The lowest BCUT2D eigenvalue weighted by Crippen LogP contribution is -2.50. The first-order valence-corrected chi connectivity index (χ1v) is 10.6. The quantitative estimate of drug-likeness (QED) is 0.647. The van der Waals surface area contributed by atoms with Gasteiger partial charge in [-0.15, -0.1) is 0 Å². The van der Waals surface area contributed by atoms with Crippen LogP contribution in [0.25, 0.3) is 11.1 Å². The van der Waals surface area contributed by atoms with Crippen LogP contribution in [0.2, 0.25) is 5.02 Å². The second-order valence-corrected chi connectivity index (χ2v) is 8.53. The minimum atomic E-state index is -0.0792. The minimum Gasteiger partial charge on any atom is -0.324 e. The number of hydrogen-bond donors (Lipinski definition) is 1. The standard InChI is InChI=1S/C24H22ClN3O2/c25-19-8-6-17(7-9-19)21-10-11-22-18-12-16(14-28(22)23(21)29)13-27(15-18)24(30)26-20-4-2-1-3-5-20/h1-11,16,18H,12-15H2,(H,26,30). The van der Waals surface area contributed by atoms with Gasteiger partial charge >= 0.3 is 6.03 Å². The van der Waals surface area contributed by atoms with Crippen molar-refractivity contribution < 1.29 is 4.79 Å². The highest BCUT2D eigenvalue weighted by Crippen LogP contribution is 2.36. The number of carbonyl (C=O) groups excluding carboxylic acids is 1. The largest absolute Gasteiger partial charge is 0.324 e. The van der Waals surface area contributed by atoms with Gasteiger partial charge in [0.15, 0.2) is 0 Å². The van der Waals surface area contributed by atoms with E-state index in [0.29, 0.717) is 30.2 Å². The Balaban J connectivity index is 1.40. The number of pyridine rings is 1. The summed E-state index contributed by atoms with van der Waals surface area (Å²) >= 11 is 5.99. The normalized spacial score (nSPS) is 19.8. The maximum Gasteiger partial charge on any atom is 0.321 e. The molecule has 2 aliphatic heterocycles. The van der Waals surface area contributed by atoms with Gasteiger partial charge in [0.2, 0.25) is 0 Å². The van der Waals surface area contributed by atoms with Crippen molar-refractivity contribution >= 4 is 23.3 Å². The number of benzene rings is 2. The number of likely N-dealkylation sites (tertiary alicyclic amines) is 1. The Bertz CT molecular complexity index is 1140. The van der Waals surface area contributed by atoms with Gasteiger partial charge in [0, 0.05) is 47.5 Å². The molecule has 3 heterocycles. The zero-order chi connectivity index (χ0) is 20.7. The Morgan fingerprint density at radius 1 is 0.933 bits per heavy atom. The lowest BCUT2D eigenvalue weighted by Gasteiger charge is -2.42. The Morgan fingerprint density at radius 2 is 1.70 bits per heavy atom. The van der Waals surface area contributed by atoms with Gasteiger partial charge < -0.3 is 14.8 Å². The van der Waals surface area contributed by atoms with E-state index in [1.807, 2.05) is 64.1 Å². The molecule has 3 aromatic rings. The highest BCUT2D eigenvalue weighted by Gasteiger charge is 2.36. The number of nitrogens with one attached hydrogen (secondary N) is 1. The molecule has 1 N–H and O–H groups in total. The van der Waals surface area contributed by atoms with Crippen molar-refractivity contribution in [2.75, 3.05) is 18.4 Å². The van der Waals surface area contributed by atoms with Gasteiger partial charge in [-0.2, -0.15) is 0 Å². The smallest absolute Gasteiger partial charge is 0.321 e. The van der Waals surface area contributed by atoms with Crippen LogP contribution in [0.4, 0.5) is 10.5 Å². The molecule has 6 heteroatoms. The number of nitrogens with zero attached hydrogens (tertiary/aromatic N) is 2. The lowest BCUT2D eigenvalue weighted by atomic mass is 9.83. The van der Waals surface area contributed by atoms with Crippen molar-refractivity contribution in [2.24, 2.45) is 5.92 Å². The van der Waals surface area contributed by atoms with Crippen LogP contribution in [0.1, 0.15) is 18.0 Å². The molecule has 1 aromatic heterocycles. The van der Waals surface area contributed by atoms with Crippen LogP contribution in [0.5, 0.6) is 0 Å². The fraction of sp³-hybridized carbons (Fsp3) is 0.250. The highest BCUT2D eigenvalue weighted by atomic mass is 35.5. The van der Waals surface area contributed by atoms with Crippen LogP contribution >= 0.6 is 11.6 Å². The van der Waals surface area contributed by atoms with Gasteiger partial charge in [-0.1, -0.05) is 41.9 Å². The zero-order valence-corrected chi connectivity index (χ0v) is 17.2. The molecule has 0 radical (unpaired) electrons. The van der Waals surface area contributed by atoms with Crippen LogP contribution in [0.3, 0.4) is 0 Å². The molecule has 1 fully saturated rings. The number of para-hydroxylation sites is 1. The number of piperidine rings is 1. The predicted octanol–water partition coefficient (Wildman–Crippen LogP) is 4.82. The third kappa shape index (κ3) is 3.50. The molecule has 5 rings (SSSR count). The van der Waals surface area contributed by atoms with Crippen LogP contribution in [0.15, 0.2) is 71.5 Å². The Kier molecular flexibility index (Phi) is 4.83. The molecule has 2 unspecified atom stereocenters. The molecule has 0 saturated carbocycles. The summed E-state index contributed by atoms with van der Waals surface area (Å²) in [4.78, 5) is 27.9. The summed E-state index contributed by atoms with van der Waals surface area (Å²) < 4.78 is 1.91. The van der Waals surface area contributed by atoms with Crippen LogP contribution in [0, 0.1) is 5.92 Å². The summed E-state index contributed by atoms with van der Waals surface area (Å²) in [6.45, 7) is 1.92. The summed E-state index contributed by atoms with van der Waals surface area (Å²) in [5.41, 5.74) is 3.41. The average Bonchev–Trinajstić information content (AvgIpc) is 2.76. The number of anilines is 1. The Labute approximate surface area is 179 Å². The third-order valence-corrected chi connectivity index (χ3v) is 6.32. The first kappa shape index (κ1) is 18.9. The molecule has 2 aromatic carbocycles. The van der Waals surface area contributed by atoms with Crippen molar-refractivity contribution in [3.8, 4) is 11.1 Å². The molecule has 2 bridgehead atoms. The molecule has 1 saturated heterocycles. The molecular formula is C24H22ClN3O2. The summed E-state index contributed by atoms with van der Waals surface area (Å²) in [5.74, 6) is 0.446. The van der Waals surface area contributed by atoms with E-state index in [-0.39, 0.29) is 23.4 Å². The van der Waals surface area contributed by atoms with Crippen LogP contribution in [-0.4, -0.2) is 28.6 Å². The van der Waals surface area contributed by atoms with E-state index >= 15 is 0 Å². The molecule has 2 aliphatic rings. The van der Waals surface area contributed by atoms with Crippen molar-refractivity contribution in [3.63, 3.8) is 0 Å². The SMILES string of the molecule is O=C(Nc1ccccc1)N1CC2CC(C1)c1ccc(-c3ccc(Cl)cc3)c(=O)n1C2. The second-order valence-electron chi connectivity index (χ2n) is 8.09. The van der Waals surface area contributed by atoms with Crippen molar-refractivity contribution in [1.29, 1.82) is 0 Å². The molecule has 2 amide bonds. The molecule has 0 aliphatic carbocycles. The molecule has 2 atom stereocenters. The number of amides is 2. The number of hydrogen-bond acceptors (Lipinski definition) is 2. The van der Waals surface area contributed by atoms with E-state index in [4.69, 9.17) is 11.6 Å². The minimum absolute atomic E-state index is 0.0340. The lowest BCUT2D eigenvalue weighted by molar-refractivity contribution is 0.139. The Hall–Kier alpha value is -3.05. The zero-order valence-electron chi connectivity index (χ0n) is 16.4. The fourth-order valence-corrected chi connectivity index (χ4v) is 4.81. The Morgan fingerprint density at radius 3 is 2.47 bits per heavy atom. The number of rotatable bonds is 2. The van der Waals surface area contributed by atoms with Gasteiger partial charge in [0.25, 0.3) is 5.56 Å². The topological polar surface area (TPSA) is 54.3 Å². The number of aromatic nitrogens is 1. The number of urea groups is 1. The van der Waals surface area contributed by atoms with E-state index in [1.54, 1.807) is 12.1 Å². The summed E-state index contributed by atoms with van der Waals surface area (Å²) in [5, 5.41) is 3.63. The molecule has 30 heavy (non-hydrogen) atoms. The third-order valence-electron chi connectivity index (χ3n) is 6.07. The first-order chi connectivity index (χ1) is 14.6. The van der Waals surface area contributed by atoms with E-state index in [9.17, 15) is 9.59 Å². The number of fused-ring (bicyclic) bond motifs is 4. The van der Waals surface area contributed by atoms with Gasteiger partial charge in [0.05, 0.1) is 0 Å². The summed E-state index contributed by atoms with van der Waals surface area (Å²) in [7, 11) is 0. The maximum absolute atomic E-state index is 13.2. The van der Waals surface area contributed by atoms with Crippen molar-refractivity contribution in [2.45, 2.75) is 18.9 Å². The molecular weight excluding hydrogens is 398 g/mol. The fourth-order valence-electron chi connectivity index (χ4n) is 4.68. The van der Waals surface area contributed by atoms with Crippen molar-refractivity contribution in [1.82, 2.24) is 9.47 Å². The van der Waals surface area contributed by atoms with E-state index in [0.717, 1.165) is 23.4 Å². The maximum atomic E-state index is 13.2. The van der Waals surface area contributed by atoms with E-state index < -0.39 is 0 Å². The monoisotopic (exact) mass is 419 g/mol. The molecule has 152 valence electrons. The van der Waals surface area contributed by atoms with Gasteiger partial charge in [-0.05, 0) is 54.3 Å².